The summed E-state index contributed by atoms with van der Waals surface area (Å²) >= 11 is 0. The van der Waals surface area contributed by atoms with Crippen LogP contribution in [-0.4, -0.2) is 9.97 Å². The fourth-order valence-electron chi connectivity index (χ4n) is 2.07. The van der Waals surface area contributed by atoms with Crippen LogP contribution in [0.25, 0.3) is 10.9 Å². The molecule has 2 aromatic carbocycles. The highest BCUT2D eigenvalue weighted by Crippen LogP contribution is 2.33. The zero-order valence-electron chi connectivity index (χ0n) is 11.6. The summed E-state index contributed by atoms with van der Waals surface area (Å²) in [5, 5.41) is 2.01. The van der Waals surface area contributed by atoms with E-state index in [-0.39, 0.29) is 5.39 Å². The Hall–Kier alpha value is -2.84. The van der Waals surface area contributed by atoms with E-state index in [1.807, 2.05) is 0 Å². The minimum absolute atomic E-state index is 0.148. The molecule has 0 saturated carbocycles. The summed E-state index contributed by atoms with van der Waals surface area (Å²) in [6, 6.07) is 6.30. The van der Waals surface area contributed by atoms with Crippen LogP contribution in [0.5, 0.6) is 0 Å². The molecule has 0 fully saturated rings. The van der Waals surface area contributed by atoms with Gasteiger partial charge in [-0.1, -0.05) is 12.1 Å². The third-order valence-corrected chi connectivity index (χ3v) is 3.14. The Balaban J connectivity index is 2.25. The molecule has 3 nitrogen and oxygen atoms in total. The first-order valence-corrected chi connectivity index (χ1v) is 6.52. The molecule has 0 unspecified atom stereocenters. The molecule has 1 aromatic heterocycles. The predicted octanol–water partition coefficient (Wildman–Crippen LogP) is 4.81. The van der Waals surface area contributed by atoms with Crippen LogP contribution in [0.4, 0.5) is 37.8 Å². The highest BCUT2D eigenvalue weighted by Gasteiger charge is 2.36. The smallest absolute Gasteiger partial charge is 0.335 e. The van der Waals surface area contributed by atoms with Crippen molar-refractivity contribution in [3.63, 3.8) is 0 Å². The summed E-state index contributed by atoms with van der Waals surface area (Å²) in [6.45, 7) is 0. The number of benzene rings is 2. The SMILES string of the molecule is Fc1cccc(F)c1Nc1nc(C(F)(F)F)nc2c(F)cccc12. The lowest BCUT2D eigenvalue weighted by molar-refractivity contribution is -0.144. The van der Waals surface area contributed by atoms with Gasteiger partial charge in [-0.2, -0.15) is 13.2 Å². The second-order valence-electron chi connectivity index (χ2n) is 4.75. The Morgan fingerprint density at radius 1 is 0.792 bits per heavy atom. The van der Waals surface area contributed by atoms with Crippen molar-refractivity contribution in [3.8, 4) is 0 Å². The van der Waals surface area contributed by atoms with Gasteiger partial charge in [-0.15, -0.1) is 0 Å². The van der Waals surface area contributed by atoms with E-state index in [9.17, 15) is 26.3 Å². The molecule has 1 N–H and O–H groups in total. The first-order chi connectivity index (χ1) is 11.3. The van der Waals surface area contributed by atoms with E-state index < -0.39 is 46.5 Å². The van der Waals surface area contributed by atoms with Gasteiger partial charge in [0.05, 0.1) is 0 Å². The number of alkyl halides is 3. The van der Waals surface area contributed by atoms with Gasteiger partial charge in [-0.05, 0) is 24.3 Å². The lowest BCUT2D eigenvalue weighted by Gasteiger charge is -2.13. The van der Waals surface area contributed by atoms with Crippen LogP contribution in [0.3, 0.4) is 0 Å². The van der Waals surface area contributed by atoms with Crippen LogP contribution in [0.15, 0.2) is 36.4 Å². The predicted molar refractivity (Wildman–Crippen MR) is 74.1 cm³/mol. The van der Waals surface area contributed by atoms with Crippen molar-refractivity contribution in [1.29, 1.82) is 0 Å². The molecule has 24 heavy (non-hydrogen) atoms. The average Bonchev–Trinajstić information content (AvgIpc) is 2.50. The van der Waals surface area contributed by atoms with Gasteiger partial charge in [-0.3, -0.25) is 0 Å². The zero-order chi connectivity index (χ0) is 17.5. The summed E-state index contributed by atoms with van der Waals surface area (Å²) in [5.41, 5.74) is -1.31. The molecule has 0 saturated heterocycles. The number of hydrogen-bond acceptors (Lipinski definition) is 3. The van der Waals surface area contributed by atoms with Gasteiger partial charge in [0.15, 0.2) is 0 Å². The van der Waals surface area contributed by atoms with E-state index in [4.69, 9.17) is 0 Å². The van der Waals surface area contributed by atoms with E-state index in [2.05, 4.69) is 15.3 Å². The van der Waals surface area contributed by atoms with E-state index >= 15 is 0 Å². The van der Waals surface area contributed by atoms with Crippen molar-refractivity contribution in [2.75, 3.05) is 5.32 Å². The van der Waals surface area contributed by atoms with E-state index in [0.717, 1.165) is 24.3 Å². The van der Waals surface area contributed by atoms with Crippen molar-refractivity contribution in [3.05, 3.63) is 59.7 Å². The minimum atomic E-state index is -4.96. The lowest BCUT2D eigenvalue weighted by Crippen LogP contribution is -2.13. The molecule has 0 aliphatic heterocycles. The first kappa shape index (κ1) is 16.0. The molecular weight excluding hydrogens is 336 g/mol. The van der Waals surface area contributed by atoms with Gasteiger partial charge >= 0.3 is 6.18 Å². The number of anilines is 2. The van der Waals surface area contributed by atoms with Crippen LogP contribution < -0.4 is 5.32 Å². The van der Waals surface area contributed by atoms with Crippen LogP contribution in [0, 0.1) is 17.5 Å². The van der Waals surface area contributed by atoms with Gasteiger partial charge < -0.3 is 5.32 Å². The van der Waals surface area contributed by atoms with Gasteiger partial charge in [0.2, 0.25) is 5.82 Å². The monoisotopic (exact) mass is 343 g/mol. The maximum atomic E-state index is 13.8. The molecule has 1 heterocycles. The molecule has 9 heteroatoms. The molecule has 0 amide bonds. The fraction of sp³-hybridized carbons (Fsp3) is 0.0667. The van der Waals surface area contributed by atoms with Crippen LogP contribution in [0.2, 0.25) is 0 Å². The molecule has 0 atom stereocenters. The number of hydrogen-bond donors (Lipinski definition) is 1. The van der Waals surface area contributed by atoms with Crippen molar-refractivity contribution in [1.82, 2.24) is 9.97 Å². The second-order valence-corrected chi connectivity index (χ2v) is 4.75. The molecule has 0 radical (unpaired) electrons. The van der Waals surface area contributed by atoms with Gasteiger partial charge in [0, 0.05) is 5.39 Å². The largest absolute Gasteiger partial charge is 0.451 e. The molecule has 0 aliphatic carbocycles. The fourth-order valence-corrected chi connectivity index (χ4v) is 2.07. The number of aromatic nitrogens is 2. The third kappa shape index (κ3) is 2.84. The van der Waals surface area contributed by atoms with E-state index in [1.54, 1.807) is 0 Å². The van der Waals surface area contributed by atoms with Crippen molar-refractivity contribution in [2.24, 2.45) is 0 Å². The number of rotatable bonds is 2. The van der Waals surface area contributed by atoms with Crippen LogP contribution >= 0.6 is 0 Å². The molecule has 0 spiro atoms. The summed E-state index contributed by atoms with van der Waals surface area (Å²) < 4.78 is 79.9. The molecule has 124 valence electrons. The van der Waals surface area contributed by atoms with Crippen LogP contribution in [0.1, 0.15) is 5.82 Å². The molecular formula is C15H7F6N3. The van der Waals surface area contributed by atoms with Crippen molar-refractivity contribution in [2.45, 2.75) is 6.18 Å². The molecule has 3 aromatic rings. The summed E-state index contributed by atoms with van der Waals surface area (Å²) in [7, 11) is 0. The molecule has 0 bridgehead atoms. The Morgan fingerprint density at radius 3 is 2.00 bits per heavy atom. The highest BCUT2D eigenvalue weighted by molar-refractivity contribution is 5.91. The Kier molecular flexibility index (Phi) is 3.78. The topological polar surface area (TPSA) is 37.8 Å². The number of para-hydroxylation sites is 2. The van der Waals surface area contributed by atoms with E-state index in [1.165, 1.54) is 12.1 Å². The number of nitrogens with one attached hydrogen (secondary N) is 1. The number of halogens is 6. The summed E-state index contributed by atoms with van der Waals surface area (Å²) in [6.07, 6.45) is -4.96. The highest BCUT2D eigenvalue weighted by atomic mass is 19.4. The molecule has 3 rings (SSSR count). The van der Waals surface area contributed by atoms with E-state index in [0.29, 0.717) is 0 Å². The summed E-state index contributed by atoms with van der Waals surface area (Å²) in [4.78, 5) is 6.40. The quantitative estimate of drug-likeness (QED) is 0.679. The van der Waals surface area contributed by atoms with Crippen molar-refractivity contribution >= 4 is 22.4 Å². The maximum Gasteiger partial charge on any atom is 0.451 e. The normalized spacial score (nSPS) is 11.8. The summed E-state index contributed by atoms with van der Waals surface area (Å²) in [5.74, 6) is -5.27. The van der Waals surface area contributed by atoms with Gasteiger partial charge in [-0.25, -0.2) is 23.1 Å². The molecule has 0 aliphatic rings. The first-order valence-electron chi connectivity index (χ1n) is 6.52. The average molecular weight is 343 g/mol. The number of nitrogens with zero attached hydrogens (tertiary/aromatic N) is 2. The third-order valence-electron chi connectivity index (χ3n) is 3.14. The standard InChI is InChI=1S/C15H7F6N3/c16-8-4-1-3-7-11(8)23-14(15(19,20)21)24-13(7)22-12-9(17)5-2-6-10(12)18/h1-6H,(H,22,23,24). The van der Waals surface area contributed by atoms with Crippen molar-refractivity contribution < 1.29 is 26.3 Å². The maximum absolute atomic E-state index is 13.8. The Morgan fingerprint density at radius 2 is 1.38 bits per heavy atom. The lowest BCUT2D eigenvalue weighted by atomic mass is 10.2. The number of fused-ring (bicyclic) bond motifs is 1. The van der Waals surface area contributed by atoms with Gasteiger partial charge in [0.1, 0.15) is 34.5 Å². The Labute approximate surface area is 131 Å². The van der Waals surface area contributed by atoms with Crippen LogP contribution in [-0.2, 0) is 6.18 Å². The van der Waals surface area contributed by atoms with Gasteiger partial charge in [0.25, 0.3) is 0 Å². The zero-order valence-corrected chi connectivity index (χ0v) is 11.6. The second kappa shape index (κ2) is 5.66. The minimum Gasteiger partial charge on any atom is -0.335 e. The Bertz CT molecular complexity index is 903.